The highest BCUT2D eigenvalue weighted by atomic mass is 16.2. The summed E-state index contributed by atoms with van der Waals surface area (Å²) in [5.74, 6) is 1.63. The second-order valence-electron chi connectivity index (χ2n) is 4.90. The fourth-order valence-electron chi connectivity index (χ4n) is 1.57. The molecule has 0 fully saturated rings. The molecular weight excluding hydrogens is 228 g/mol. The highest BCUT2D eigenvalue weighted by molar-refractivity contribution is 5.75. The van der Waals surface area contributed by atoms with Crippen LogP contribution in [0, 0.1) is 5.92 Å². The summed E-state index contributed by atoms with van der Waals surface area (Å²) in [4.78, 5) is 17.8. The maximum Gasteiger partial charge on any atom is 0.242 e. The van der Waals surface area contributed by atoms with Crippen molar-refractivity contribution in [2.45, 2.75) is 33.9 Å². The van der Waals surface area contributed by atoms with Gasteiger partial charge in [-0.25, -0.2) is 4.98 Å². The molecule has 1 N–H and O–H groups in total. The van der Waals surface area contributed by atoms with Crippen LogP contribution in [-0.2, 0) is 17.9 Å². The molecule has 1 heterocycles. The molecule has 5 heteroatoms. The Morgan fingerprint density at radius 1 is 1.56 bits per heavy atom. The summed E-state index contributed by atoms with van der Waals surface area (Å²) in [5, 5.41) is 3.34. The van der Waals surface area contributed by atoms with Gasteiger partial charge in [0.05, 0.1) is 6.54 Å². The fourth-order valence-corrected chi connectivity index (χ4v) is 1.57. The van der Waals surface area contributed by atoms with Crippen LogP contribution >= 0.6 is 0 Å². The molecule has 102 valence electrons. The van der Waals surface area contributed by atoms with E-state index in [9.17, 15) is 4.79 Å². The predicted molar refractivity (Wildman–Crippen MR) is 72.1 cm³/mol. The third kappa shape index (κ3) is 4.49. The van der Waals surface area contributed by atoms with Crippen molar-refractivity contribution in [1.82, 2.24) is 19.8 Å². The summed E-state index contributed by atoms with van der Waals surface area (Å²) in [7, 11) is 1.82. The number of likely N-dealkylation sites (N-methyl/N-ethyl adjacent to an activating group) is 1. The summed E-state index contributed by atoms with van der Waals surface area (Å²) in [6, 6.07) is 0. The second kappa shape index (κ2) is 7.16. The number of nitrogens with one attached hydrogen (secondary N) is 1. The van der Waals surface area contributed by atoms with E-state index in [1.165, 1.54) is 0 Å². The molecule has 0 aliphatic rings. The number of nitrogens with zero attached hydrogens (tertiary/aromatic N) is 3. The Kier molecular flexibility index (Phi) is 5.85. The SMILES string of the molecule is CCN(C)C(=O)Cn1ccnc1CNCC(C)C. The molecule has 0 spiro atoms. The van der Waals surface area contributed by atoms with E-state index in [0.717, 1.165) is 18.9 Å². The van der Waals surface area contributed by atoms with Crippen molar-refractivity contribution in [1.29, 1.82) is 0 Å². The maximum absolute atomic E-state index is 11.8. The molecular formula is C13H24N4O. The first kappa shape index (κ1) is 14.7. The summed E-state index contributed by atoms with van der Waals surface area (Å²) in [6.45, 7) is 9.05. The van der Waals surface area contributed by atoms with Gasteiger partial charge in [-0.1, -0.05) is 13.8 Å². The van der Waals surface area contributed by atoms with Crippen LogP contribution in [-0.4, -0.2) is 40.5 Å². The zero-order valence-corrected chi connectivity index (χ0v) is 11.8. The molecule has 0 radical (unpaired) electrons. The van der Waals surface area contributed by atoms with Crippen LogP contribution in [0.4, 0.5) is 0 Å². The normalized spacial score (nSPS) is 10.9. The zero-order chi connectivity index (χ0) is 13.5. The number of hydrogen-bond acceptors (Lipinski definition) is 3. The van der Waals surface area contributed by atoms with Gasteiger partial charge in [0, 0.05) is 26.0 Å². The lowest BCUT2D eigenvalue weighted by molar-refractivity contribution is -0.130. The van der Waals surface area contributed by atoms with Crippen LogP contribution < -0.4 is 5.32 Å². The smallest absolute Gasteiger partial charge is 0.242 e. The van der Waals surface area contributed by atoms with E-state index < -0.39 is 0 Å². The van der Waals surface area contributed by atoms with Crippen LogP contribution in [0.1, 0.15) is 26.6 Å². The van der Waals surface area contributed by atoms with Crippen molar-refractivity contribution in [2.24, 2.45) is 5.92 Å². The fraction of sp³-hybridized carbons (Fsp3) is 0.692. The maximum atomic E-state index is 11.8. The average molecular weight is 252 g/mol. The molecule has 18 heavy (non-hydrogen) atoms. The van der Waals surface area contributed by atoms with Gasteiger partial charge in [0.15, 0.2) is 0 Å². The molecule has 0 aliphatic carbocycles. The van der Waals surface area contributed by atoms with Crippen molar-refractivity contribution >= 4 is 5.91 Å². The van der Waals surface area contributed by atoms with E-state index in [0.29, 0.717) is 19.0 Å². The molecule has 0 aliphatic heterocycles. The van der Waals surface area contributed by atoms with Gasteiger partial charge in [-0.2, -0.15) is 0 Å². The first-order valence-electron chi connectivity index (χ1n) is 6.49. The van der Waals surface area contributed by atoms with Gasteiger partial charge in [0.25, 0.3) is 0 Å². The largest absolute Gasteiger partial charge is 0.344 e. The van der Waals surface area contributed by atoms with E-state index in [1.807, 2.05) is 24.7 Å². The number of imidazole rings is 1. The Morgan fingerprint density at radius 2 is 2.28 bits per heavy atom. The minimum absolute atomic E-state index is 0.112. The van der Waals surface area contributed by atoms with Crippen molar-refractivity contribution in [3.8, 4) is 0 Å². The predicted octanol–water partition coefficient (Wildman–Crippen LogP) is 1.11. The van der Waals surface area contributed by atoms with Gasteiger partial charge in [-0.3, -0.25) is 4.79 Å². The molecule has 5 nitrogen and oxygen atoms in total. The lowest BCUT2D eigenvalue weighted by Gasteiger charge is -2.16. The van der Waals surface area contributed by atoms with Crippen molar-refractivity contribution in [3.63, 3.8) is 0 Å². The number of amides is 1. The minimum atomic E-state index is 0.112. The quantitative estimate of drug-likeness (QED) is 0.791. The van der Waals surface area contributed by atoms with Crippen molar-refractivity contribution in [3.05, 3.63) is 18.2 Å². The van der Waals surface area contributed by atoms with Gasteiger partial charge in [-0.05, 0) is 19.4 Å². The summed E-state index contributed by atoms with van der Waals surface area (Å²) < 4.78 is 1.90. The highest BCUT2D eigenvalue weighted by Crippen LogP contribution is 2.00. The second-order valence-corrected chi connectivity index (χ2v) is 4.90. The molecule has 1 rings (SSSR count). The zero-order valence-electron chi connectivity index (χ0n) is 11.8. The number of aromatic nitrogens is 2. The van der Waals surface area contributed by atoms with Gasteiger partial charge >= 0.3 is 0 Å². The number of hydrogen-bond donors (Lipinski definition) is 1. The summed E-state index contributed by atoms with van der Waals surface area (Å²) in [6.07, 6.45) is 3.60. The van der Waals surface area contributed by atoms with Gasteiger partial charge < -0.3 is 14.8 Å². The number of carbonyl (C=O) groups excluding carboxylic acids is 1. The Morgan fingerprint density at radius 3 is 2.89 bits per heavy atom. The summed E-state index contributed by atoms with van der Waals surface area (Å²) in [5.41, 5.74) is 0. The Bertz CT molecular complexity index is 373. The Hall–Kier alpha value is -1.36. The molecule has 0 atom stereocenters. The Labute approximate surface area is 109 Å². The Balaban J connectivity index is 2.52. The first-order chi connectivity index (χ1) is 8.54. The van der Waals surface area contributed by atoms with Crippen LogP contribution in [0.15, 0.2) is 12.4 Å². The van der Waals surface area contributed by atoms with Crippen LogP contribution in [0.2, 0.25) is 0 Å². The van der Waals surface area contributed by atoms with Gasteiger partial charge in [0.1, 0.15) is 12.4 Å². The third-order valence-electron chi connectivity index (χ3n) is 2.84. The van der Waals surface area contributed by atoms with Gasteiger partial charge in [-0.15, -0.1) is 0 Å². The molecule has 1 aromatic heterocycles. The summed E-state index contributed by atoms with van der Waals surface area (Å²) >= 11 is 0. The monoisotopic (exact) mass is 252 g/mol. The van der Waals surface area contributed by atoms with E-state index >= 15 is 0 Å². The lowest BCUT2D eigenvalue weighted by Crippen LogP contribution is -2.31. The first-order valence-corrected chi connectivity index (χ1v) is 6.49. The van der Waals surface area contributed by atoms with Crippen LogP contribution in [0.25, 0.3) is 0 Å². The molecule has 1 aromatic rings. The van der Waals surface area contributed by atoms with Crippen LogP contribution in [0.3, 0.4) is 0 Å². The topological polar surface area (TPSA) is 50.2 Å². The third-order valence-corrected chi connectivity index (χ3v) is 2.84. The molecule has 0 unspecified atom stereocenters. The van der Waals surface area contributed by atoms with E-state index in [-0.39, 0.29) is 5.91 Å². The van der Waals surface area contributed by atoms with Crippen LogP contribution in [0.5, 0.6) is 0 Å². The molecule has 1 amide bonds. The van der Waals surface area contributed by atoms with Crippen molar-refractivity contribution < 1.29 is 4.79 Å². The highest BCUT2D eigenvalue weighted by Gasteiger charge is 2.10. The van der Waals surface area contributed by atoms with Crippen molar-refractivity contribution in [2.75, 3.05) is 20.1 Å². The molecule has 0 aromatic carbocycles. The lowest BCUT2D eigenvalue weighted by atomic mass is 10.2. The van der Waals surface area contributed by atoms with E-state index in [1.54, 1.807) is 11.1 Å². The molecule has 0 bridgehead atoms. The van der Waals surface area contributed by atoms with Gasteiger partial charge in [0.2, 0.25) is 5.91 Å². The molecule has 0 saturated carbocycles. The minimum Gasteiger partial charge on any atom is -0.344 e. The van der Waals surface area contributed by atoms with E-state index in [2.05, 4.69) is 24.1 Å². The van der Waals surface area contributed by atoms with E-state index in [4.69, 9.17) is 0 Å². The molecule has 0 saturated heterocycles. The average Bonchev–Trinajstić information content (AvgIpc) is 2.75. The number of rotatable bonds is 7. The number of carbonyl (C=O) groups is 1. The standard InChI is InChI=1S/C13H24N4O/c1-5-16(4)13(18)10-17-7-6-15-12(17)9-14-8-11(2)3/h6-7,11,14H,5,8-10H2,1-4H3.